The fourth-order valence-corrected chi connectivity index (χ4v) is 3.48. The van der Waals surface area contributed by atoms with Crippen LogP contribution in [0, 0.1) is 19.3 Å². The Kier molecular flexibility index (Phi) is 11.4. The SMILES string of the molecule is CCCNC(=O)c1ccc(C)c(N(C(=O)OCOC(=O)C(C)N)C(=NC=N)c2[nH]cc(C(=O)NCC)c2C)c1. The number of aryl methyl sites for hydroxylation is 1. The van der Waals surface area contributed by atoms with E-state index in [0.29, 0.717) is 29.8 Å². The summed E-state index contributed by atoms with van der Waals surface area (Å²) in [5, 5.41) is 13.2. The number of carbonyl (C=O) groups excluding carboxylic acids is 4. The van der Waals surface area contributed by atoms with E-state index in [2.05, 4.69) is 20.6 Å². The van der Waals surface area contributed by atoms with E-state index in [0.717, 1.165) is 17.7 Å². The molecule has 0 aliphatic carbocycles. The molecule has 1 unspecified atom stereocenters. The molecule has 0 aliphatic heterocycles. The molecular weight excluding hydrogens is 506 g/mol. The van der Waals surface area contributed by atoms with Gasteiger partial charge in [-0.15, -0.1) is 0 Å². The number of carbonyl (C=O) groups is 4. The number of esters is 1. The number of amidine groups is 1. The van der Waals surface area contributed by atoms with Crippen molar-refractivity contribution >= 4 is 41.7 Å². The molecule has 0 radical (unpaired) electrons. The van der Waals surface area contributed by atoms with Gasteiger partial charge in [-0.05, 0) is 57.4 Å². The maximum absolute atomic E-state index is 13.5. The van der Waals surface area contributed by atoms with Crippen molar-refractivity contribution in [3.05, 3.63) is 52.3 Å². The highest BCUT2D eigenvalue weighted by Crippen LogP contribution is 2.27. The van der Waals surface area contributed by atoms with Gasteiger partial charge in [0.1, 0.15) is 12.4 Å². The average Bonchev–Trinajstić information content (AvgIpc) is 3.28. The Bertz CT molecular complexity index is 1250. The Morgan fingerprint density at radius 1 is 1.15 bits per heavy atom. The summed E-state index contributed by atoms with van der Waals surface area (Å²) in [7, 11) is 0. The average molecular weight is 542 g/mol. The summed E-state index contributed by atoms with van der Waals surface area (Å²) in [5.41, 5.74) is 7.57. The molecule has 1 aromatic carbocycles. The van der Waals surface area contributed by atoms with Crippen LogP contribution < -0.4 is 21.3 Å². The molecule has 13 heteroatoms. The molecule has 2 aromatic rings. The Labute approximate surface area is 226 Å². The van der Waals surface area contributed by atoms with Crippen molar-refractivity contribution in [3.63, 3.8) is 0 Å². The standard InChI is InChI=1S/C26H35N7O6/c1-6-10-30-23(34)18-9-8-15(3)20(11-18)33(26(37)39-14-38-25(36)17(5)28)22(32-13-27)21-16(4)19(12-31-21)24(35)29-7-2/h8-9,11-13,17,27,31H,6-7,10,14,28H2,1-5H3,(H,29,35)(H,30,34). The van der Waals surface area contributed by atoms with E-state index >= 15 is 0 Å². The van der Waals surface area contributed by atoms with Crippen LogP contribution in [0.3, 0.4) is 0 Å². The lowest BCUT2D eigenvalue weighted by molar-refractivity contribution is -0.152. The summed E-state index contributed by atoms with van der Waals surface area (Å²) in [6.45, 7) is 8.62. The van der Waals surface area contributed by atoms with Gasteiger partial charge < -0.3 is 30.8 Å². The number of hydrogen-bond acceptors (Lipinski definition) is 8. The summed E-state index contributed by atoms with van der Waals surface area (Å²) in [4.78, 5) is 58.5. The number of H-pyrrole nitrogens is 1. The van der Waals surface area contributed by atoms with Crippen LogP contribution in [0.15, 0.2) is 29.4 Å². The molecule has 1 atom stereocenters. The maximum atomic E-state index is 13.5. The predicted molar refractivity (Wildman–Crippen MR) is 146 cm³/mol. The molecule has 0 saturated carbocycles. The van der Waals surface area contributed by atoms with Crippen molar-refractivity contribution in [2.45, 2.75) is 47.1 Å². The van der Waals surface area contributed by atoms with Gasteiger partial charge in [-0.2, -0.15) is 0 Å². The highest BCUT2D eigenvalue weighted by Gasteiger charge is 2.30. The number of aromatic nitrogens is 1. The number of benzene rings is 1. The molecule has 0 fully saturated rings. The second kappa shape index (κ2) is 14.4. The Hall–Kier alpha value is -4.52. The molecule has 1 aromatic heterocycles. The second-order valence-electron chi connectivity index (χ2n) is 8.52. The number of aromatic amines is 1. The van der Waals surface area contributed by atoms with Crippen molar-refractivity contribution in [3.8, 4) is 0 Å². The first-order chi connectivity index (χ1) is 18.6. The number of nitrogens with zero attached hydrogens (tertiary/aromatic N) is 2. The molecule has 210 valence electrons. The van der Waals surface area contributed by atoms with Crippen LogP contribution in [0.25, 0.3) is 0 Å². The van der Waals surface area contributed by atoms with Crippen LogP contribution in [0.5, 0.6) is 0 Å². The zero-order valence-electron chi connectivity index (χ0n) is 22.7. The molecule has 3 amide bonds. The largest absolute Gasteiger partial charge is 0.427 e. The first-order valence-electron chi connectivity index (χ1n) is 12.4. The van der Waals surface area contributed by atoms with Crippen LogP contribution in [-0.2, 0) is 14.3 Å². The van der Waals surface area contributed by atoms with Crippen LogP contribution in [0.4, 0.5) is 10.5 Å². The fourth-order valence-electron chi connectivity index (χ4n) is 3.48. The van der Waals surface area contributed by atoms with Gasteiger partial charge in [-0.3, -0.25) is 19.8 Å². The fraction of sp³-hybridized carbons (Fsp3) is 0.385. The van der Waals surface area contributed by atoms with Crippen LogP contribution >= 0.6 is 0 Å². The van der Waals surface area contributed by atoms with Gasteiger partial charge in [0.2, 0.25) is 6.79 Å². The van der Waals surface area contributed by atoms with E-state index in [9.17, 15) is 19.2 Å². The zero-order valence-corrected chi connectivity index (χ0v) is 22.7. The van der Waals surface area contributed by atoms with Crippen molar-refractivity contribution in [1.29, 1.82) is 5.41 Å². The highest BCUT2D eigenvalue weighted by molar-refractivity contribution is 6.24. The molecule has 2 rings (SSSR count). The van der Waals surface area contributed by atoms with E-state index in [1.54, 1.807) is 32.9 Å². The lowest BCUT2D eigenvalue weighted by Crippen LogP contribution is -2.40. The maximum Gasteiger partial charge on any atom is 0.423 e. The minimum atomic E-state index is -1.02. The number of nitrogens with one attached hydrogen (secondary N) is 4. The topological polar surface area (TPSA) is 192 Å². The first kappa shape index (κ1) is 30.7. The third-order valence-corrected chi connectivity index (χ3v) is 5.53. The number of rotatable bonds is 11. The zero-order chi connectivity index (χ0) is 29.1. The number of nitrogens with two attached hydrogens (primary N) is 1. The third kappa shape index (κ3) is 7.74. The highest BCUT2D eigenvalue weighted by atomic mass is 16.7. The molecule has 13 nitrogen and oxygen atoms in total. The number of amides is 3. The number of anilines is 1. The lowest BCUT2D eigenvalue weighted by atomic mass is 10.1. The monoisotopic (exact) mass is 541 g/mol. The number of hydrogen-bond donors (Lipinski definition) is 5. The molecule has 39 heavy (non-hydrogen) atoms. The quantitative estimate of drug-likeness (QED) is 0.125. The lowest BCUT2D eigenvalue weighted by Gasteiger charge is -2.25. The smallest absolute Gasteiger partial charge is 0.423 e. The van der Waals surface area contributed by atoms with E-state index in [1.165, 1.54) is 19.2 Å². The van der Waals surface area contributed by atoms with Gasteiger partial charge in [0.15, 0.2) is 5.84 Å². The van der Waals surface area contributed by atoms with Crippen LogP contribution in [0.1, 0.15) is 64.7 Å². The predicted octanol–water partition coefficient (Wildman–Crippen LogP) is 2.37. The van der Waals surface area contributed by atoms with Gasteiger partial charge >= 0.3 is 12.1 Å². The second-order valence-corrected chi connectivity index (χ2v) is 8.52. The molecule has 1 heterocycles. The minimum Gasteiger partial charge on any atom is -0.427 e. The molecule has 6 N–H and O–H groups in total. The van der Waals surface area contributed by atoms with Crippen LogP contribution in [0.2, 0.25) is 0 Å². The summed E-state index contributed by atoms with van der Waals surface area (Å²) in [5.74, 6) is -1.55. The van der Waals surface area contributed by atoms with E-state index < -0.39 is 24.9 Å². The molecule has 0 bridgehead atoms. The van der Waals surface area contributed by atoms with E-state index in [4.69, 9.17) is 20.6 Å². The number of aliphatic imine (C=N–C) groups is 1. The summed E-state index contributed by atoms with van der Waals surface area (Å²) in [6, 6.07) is 3.82. The summed E-state index contributed by atoms with van der Waals surface area (Å²) < 4.78 is 10.1. The minimum absolute atomic E-state index is 0.0872. The van der Waals surface area contributed by atoms with Crippen molar-refractivity contribution in [2.75, 3.05) is 24.8 Å². The van der Waals surface area contributed by atoms with Gasteiger partial charge in [-0.1, -0.05) is 13.0 Å². The van der Waals surface area contributed by atoms with Crippen molar-refractivity contribution in [1.82, 2.24) is 15.6 Å². The summed E-state index contributed by atoms with van der Waals surface area (Å²) in [6.07, 6.45) is 1.91. The van der Waals surface area contributed by atoms with Gasteiger partial charge in [0, 0.05) is 24.8 Å². The number of ether oxygens (including phenoxy) is 2. The third-order valence-electron chi connectivity index (χ3n) is 5.53. The Balaban J connectivity index is 2.63. The summed E-state index contributed by atoms with van der Waals surface area (Å²) >= 11 is 0. The van der Waals surface area contributed by atoms with E-state index in [-0.39, 0.29) is 34.6 Å². The normalized spacial score (nSPS) is 11.8. The van der Waals surface area contributed by atoms with Gasteiger partial charge in [-0.25, -0.2) is 14.7 Å². The molecule has 0 spiro atoms. The molecule has 0 aliphatic rings. The Morgan fingerprint density at radius 2 is 1.87 bits per heavy atom. The van der Waals surface area contributed by atoms with Crippen molar-refractivity contribution in [2.24, 2.45) is 10.7 Å². The Morgan fingerprint density at radius 3 is 2.49 bits per heavy atom. The van der Waals surface area contributed by atoms with Crippen LogP contribution in [-0.4, -0.2) is 67.0 Å². The van der Waals surface area contributed by atoms with Gasteiger partial charge in [0.25, 0.3) is 11.8 Å². The molecular formula is C26H35N7O6. The molecule has 0 saturated heterocycles. The van der Waals surface area contributed by atoms with Crippen molar-refractivity contribution < 1.29 is 28.7 Å². The van der Waals surface area contributed by atoms with Gasteiger partial charge in [0.05, 0.1) is 16.9 Å². The van der Waals surface area contributed by atoms with E-state index in [1.807, 2.05) is 6.92 Å². The first-order valence-corrected chi connectivity index (χ1v) is 12.4.